The highest BCUT2D eigenvalue weighted by atomic mass is 32.1. The fourth-order valence-corrected chi connectivity index (χ4v) is 3.10. The van der Waals surface area contributed by atoms with Crippen LogP contribution in [-0.2, 0) is 13.1 Å². The Balaban J connectivity index is 1.88. The van der Waals surface area contributed by atoms with Gasteiger partial charge in [0, 0.05) is 16.8 Å². The molecule has 0 fully saturated rings. The molecule has 0 radical (unpaired) electrons. The van der Waals surface area contributed by atoms with E-state index in [1.165, 1.54) is 16.7 Å². The number of carbonyl (C=O) groups excluding carboxylic acids is 1. The van der Waals surface area contributed by atoms with Crippen molar-refractivity contribution in [2.75, 3.05) is 6.54 Å². The number of hydrogen-bond donors (Lipinski definition) is 2. The van der Waals surface area contributed by atoms with Crippen molar-refractivity contribution in [3.63, 3.8) is 0 Å². The van der Waals surface area contributed by atoms with Gasteiger partial charge in [0.2, 0.25) is 0 Å². The Bertz CT molecular complexity index is 610. The number of thiazole rings is 1. The molecule has 112 valence electrons. The smallest absolute Gasteiger partial charge is 0.355 e. The summed E-state index contributed by atoms with van der Waals surface area (Å²) in [5.74, 6) is -1.06. The van der Waals surface area contributed by atoms with Crippen molar-refractivity contribution < 1.29 is 14.7 Å². The highest BCUT2D eigenvalue weighted by molar-refractivity contribution is 7.10. The van der Waals surface area contributed by atoms with E-state index in [0.717, 1.165) is 4.88 Å². The molecule has 0 saturated carbocycles. The van der Waals surface area contributed by atoms with Crippen molar-refractivity contribution >= 4 is 34.7 Å². The summed E-state index contributed by atoms with van der Waals surface area (Å²) in [6.07, 6.45) is 0. The minimum absolute atomic E-state index is 0.00943. The molecule has 2 heterocycles. The van der Waals surface area contributed by atoms with E-state index >= 15 is 0 Å². The molecule has 0 bridgehead atoms. The van der Waals surface area contributed by atoms with E-state index in [4.69, 9.17) is 5.11 Å². The van der Waals surface area contributed by atoms with Crippen LogP contribution in [0.5, 0.6) is 0 Å². The van der Waals surface area contributed by atoms with Gasteiger partial charge in [0.1, 0.15) is 5.01 Å². The lowest BCUT2D eigenvalue weighted by Crippen LogP contribution is -2.38. The van der Waals surface area contributed by atoms with Crippen LogP contribution in [0, 0.1) is 0 Å². The summed E-state index contributed by atoms with van der Waals surface area (Å²) in [4.78, 5) is 29.6. The highest BCUT2D eigenvalue weighted by Crippen LogP contribution is 2.12. The third-order valence-corrected chi connectivity index (χ3v) is 4.47. The lowest BCUT2D eigenvalue weighted by molar-refractivity contribution is 0.0691. The standard InChI is InChI=1S/C13H15N3O3S2/c1-2-16(7-9-4-3-5-20-9)13(19)14-6-11-15-10(8-21-11)12(17)18/h3-5,8H,2,6-7H2,1H3,(H,14,19)(H,17,18). The summed E-state index contributed by atoms with van der Waals surface area (Å²) >= 11 is 2.83. The lowest BCUT2D eigenvalue weighted by atomic mass is 10.4. The number of aromatic carboxylic acids is 1. The number of thiophene rings is 1. The molecule has 6 nitrogen and oxygen atoms in total. The van der Waals surface area contributed by atoms with Crippen molar-refractivity contribution in [2.45, 2.75) is 20.0 Å². The van der Waals surface area contributed by atoms with Crippen molar-refractivity contribution in [1.29, 1.82) is 0 Å². The zero-order valence-electron chi connectivity index (χ0n) is 11.4. The average molecular weight is 325 g/mol. The maximum Gasteiger partial charge on any atom is 0.355 e. The van der Waals surface area contributed by atoms with E-state index in [9.17, 15) is 9.59 Å². The van der Waals surface area contributed by atoms with Gasteiger partial charge >= 0.3 is 12.0 Å². The van der Waals surface area contributed by atoms with Crippen molar-refractivity contribution in [1.82, 2.24) is 15.2 Å². The van der Waals surface area contributed by atoms with E-state index in [1.54, 1.807) is 16.2 Å². The van der Waals surface area contributed by atoms with Gasteiger partial charge in [-0.25, -0.2) is 14.6 Å². The van der Waals surface area contributed by atoms with Gasteiger partial charge in [-0.1, -0.05) is 6.07 Å². The summed E-state index contributed by atoms with van der Waals surface area (Å²) in [6.45, 7) is 3.32. The first-order valence-electron chi connectivity index (χ1n) is 6.33. The van der Waals surface area contributed by atoms with Gasteiger partial charge in [-0.2, -0.15) is 0 Å². The maximum atomic E-state index is 12.1. The van der Waals surface area contributed by atoms with Crippen LogP contribution < -0.4 is 5.32 Å². The molecular formula is C13H15N3O3S2. The van der Waals surface area contributed by atoms with E-state index in [2.05, 4.69) is 10.3 Å². The first-order chi connectivity index (χ1) is 10.1. The second-order valence-corrected chi connectivity index (χ2v) is 6.16. The first-order valence-corrected chi connectivity index (χ1v) is 8.09. The van der Waals surface area contributed by atoms with Crippen LogP contribution >= 0.6 is 22.7 Å². The number of aromatic nitrogens is 1. The van der Waals surface area contributed by atoms with Gasteiger partial charge in [-0.3, -0.25) is 0 Å². The summed E-state index contributed by atoms with van der Waals surface area (Å²) in [6, 6.07) is 3.76. The van der Waals surface area contributed by atoms with Crippen LogP contribution in [0.4, 0.5) is 4.79 Å². The third kappa shape index (κ3) is 4.27. The molecule has 0 unspecified atom stereocenters. The van der Waals surface area contributed by atoms with Crippen molar-refractivity contribution in [3.8, 4) is 0 Å². The molecule has 8 heteroatoms. The summed E-state index contributed by atoms with van der Waals surface area (Å²) in [5.41, 5.74) is 0.00943. The number of rotatable bonds is 6. The van der Waals surface area contributed by atoms with Crippen LogP contribution in [0.15, 0.2) is 22.9 Å². The number of nitrogens with one attached hydrogen (secondary N) is 1. The fourth-order valence-electron chi connectivity index (χ4n) is 1.67. The minimum atomic E-state index is -1.06. The van der Waals surface area contributed by atoms with E-state index in [1.807, 2.05) is 24.4 Å². The predicted molar refractivity (Wildman–Crippen MR) is 81.7 cm³/mol. The van der Waals surface area contributed by atoms with Crippen LogP contribution in [0.3, 0.4) is 0 Å². The molecular weight excluding hydrogens is 310 g/mol. The van der Waals surface area contributed by atoms with E-state index in [0.29, 0.717) is 18.1 Å². The fraction of sp³-hybridized carbons (Fsp3) is 0.308. The van der Waals surface area contributed by atoms with Gasteiger partial charge in [0.05, 0.1) is 13.1 Å². The Kier molecular flexibility index (Phi) is 5.29. The molecule has 0 spiro atoms. The lowest BCUT2D eigenvalue weighted by Gasteiger charge is -2.20. The average Bonchev–Trinajstić information content (AvgIpc) is 3.13. The van der Waals surface area contributed by atoms with Crippen molar-refractivity contribution in [3.05, 3.63) is 38.5 Å². The second-order valence-electron chi connectivity index (χ2n) is 4.18. The number of carboxylic acid groups (broad SMARTS) is 1. The monoisotopic (exact) mass is 325 g/mol. The van der Waals surface area contributed by atoms with Crippen LogP contribution in [0.1, 0.15) is 27.3 Å². The quantitative estimate of drug-likeness (QED) is 0.855. The van der Waals surface area contributed by atoms with E-state index in [-0.39, 0.29) is 18.3 Å². The highest BCUT2D eigenvalue weighted by Gasteiger charge is 2.14. The molecule has 0 aliphatic heterocycles. The molecule has 2 N–H and O–H groups in total. The van der Waals surface area contributed by atoms with Gasteiger partial charge < -0.3 is 15.3 Å². The molecule has 2 rings (SSSR count). The van der Waals surface area contributed by atoms with Gasteiger partial charge in [-0.05, 0) is 18.4 Å². The molecule has 21 heavy (non-hydrogen) atoms. The molecule has 0 aromatic carbocycles. The molecule has 2 aromatic heterocycles. The minimum Gasteiger partial charge on any atom is -0.476 e. The molecule has 2 amide bonds. The van der Waals surface area contributed by atoms with Gasteiger partial charge in [0.25, 0.3) is 0 Å². The number of hydrogen-bond acceptors (Lipinski definition) is 5. The number of carbonyl (C=O) groups is 2. The first kappa shape index (κ1) is 15.5. The molecule has 0 saturated heterocycles. The SMILES string of the molecule is CCN(Cc1cccs1)C(=O)NCc1nc(C(=O)O)cs1. The van der Waals surface area contributed by atoms with Gasteiger partial charge in [0.15, 0.2) is 5.69 Å². The largest absolute Gasteiger partial charge is 0.476 e. The Hall–Kier alpha value is -1.93. The van der Waals surface area contributed by atoms with Crippen LogP contribution in [-0.4, -0.2) is 33.5 Å². The number of urea groups is 1. The zero-order chi connectivity index (χ0) is 15.2. The molecule has 0 aliphatic carbocycles. The van der Waals surface area contributed by atoms with Crippen LogP contribution in [0.2, 0.25) is 0 Å². The molecule has 0 aliphatic rings. The normalized spacial score (nSPS) is 10.3. The third-order valence-electron chi connectivity index (χ3n) is 2.76. The number of amides is 2. The van der Waals surface area contributed by atoms with Gasteiger partial charge in [-0.15, -0.1) is 22.7 Å². The maximum absolute atomic E-state index is 12.1. The summed E-state index contributed by atoms with van der Waals surface area (Å²) in [7, 11) is 0. The number of nitrogens with zero attached hydrogens (tertiary/aromatic N) is 2. The Morgan fingerprint density at radius 3 is 2.81 bits per heavy atom. The predicted octanol–water partition coefficient (Wildman–Crippen LogP) is 2.63. The Labute approximate surface area is 130 Å². The molecule has 0 atom stereocenters. The number of carboxylic acids is 1. The van der Waals surface area contributed by atoms with E-state index < -0.39 is 5.97 Å². The second kappa shape index (κ2) is 7.19. The summed E-state index contributed by atoms with van der Waals surface area (Å²) in [5, 5.41) is 15.6. The topological polar surface area (TPSA) is 82.5 Å². The van der Waals surface area contributed by atoms with Crippen molar-refractivity contribution in [2.24, 2.45) is 0 Å². The molecule has 2 aromatic rings. The zero-order valence-corrected chi connectivity index (χ0v) is 13.0. The Morgan fingerprint density at radius 2 is 2.24 bits per heavy atom. The Morgan fingerprint density at radius 1 is 1.43 bits per heavy atom. The summed E-state index contributed by atoms with van der Waals surface area (Å²) < 4.78 is 0. The van der Waals surface area contributed by atoms with Crippen LogP contribution in [0.25, 0.3) is 0 Å².